The highest BCUT2D eigenvalue weighted by Gasteiger charge is 2.22. The first-order valence-electron chi connectivity index (χ1n) is 11.0. The number of rotatable bonds is 8. The van der Waals surface area contributed by atoms with Crippen LogP contribution in [0.3, 0.4) is 0 Å². The van der Waals surface area contributed by atoms with E-state index in [1.807, 2.05) is 12.1 Å². The van der Waals surface area contributed by atoms with Gasteiger partial charge in [0.25, 0.3) is 11.4 Å². The number of carbonyl (C=O) groups is 2. The molecule has 5 heterocycles. The van der Waals surface area contributed by atoms with Crippen molar-refractivity contribution in [1.82, 2.24) is 24.3 Å². The van der Waals surface area contributed by atoms with Gasteiger partial charge in [0.15, 0.2) is 0 Å². The second-order valence-electron chi connectivity index (χ2n) is 7.83. The lowest BCUT2D eigenvalue weighted by atomic mass is 10.1. The van der Waals surface area contributed by atoms with Crippen molar-refractivity contribution in [3.05, 3.63) is 104 Å². The van der Waals surface area contributed by atoms with Crippen LogP contribution < -0.4 is 10.9 Å². The Balaban J connectivity index is 1.50. The van der Waals surface area contributed by atoms with E-state index in [4.69, 9.17) is 16.0 Å². The molecule has 5 rings (SSSR count). The van der Waals surface area contributed by atoms with Crippen molar-refractivity contribution in [1.29, 1.82) is 5.26 Å². The third-order valence-corrected chi connectivity index (χ3v) is 6.61. The van der Waals surface area contributed by atoms with E-state index in [1.165, 1.54) is 48.2 Å². The lowest BCUT2D eigenvalue weighted by Crippen LogP contribution is -2.26. The Morgan fingerprint density at radius 3 is 2.68 bits per heavy atom. The van der Waals surface area contributed by atoms with Gasteiger partial charge in [0.2, 0.25) is 5.78 Å². The molecule has 13 heteroatoms. The van der Waals surface area contributed by atoms with Crippen LogP contribution in [0.25, 0.3) is 11.3 Å². The minimum atomic E-state index is -0.636. The van der Waals surface area contributed by atoms with Crippen LogP contribution in [0.15, 0.2) is 76.4 Å². The molecule has 5 aromatic rings. The third kappa shape index (κ3) is 5.15. The quantitative estimate of drug-likeness (QED) is 0.287. The average Bonchev–Trinajstić information content (AvgIpc) is 3.70. The highest BCUT2D eigenvalue weighted by atomic mass is 35.5. The number of hydrogen-bond donors (Lipinski definition) is 1. The molecule has 0 aliphatic rings. The lowest BCUT2D eigenvalue weighted by molar-refractivity contribution is 0.0912. The Morgan fingerprint density at radius 1 is 1.13 bits per heavy atom. The summed E-state index contributed by atoms with van der Waals surface area (Å²) in [7, 11) is 0. The molecule has 0 bridgehead atoms. The van der Waals surface area contributed by atoms with Crippen molar-refractivity contribution >= 4 is 40.4 Å². The number of hydrogen-bond acceptors (Lipinski definition) is 10. The summed E-state index contributed by atoms with van der Waals surface area (Å²) >= 11 is 7.39. The molecular formula is C25H16ClN7O4S. The third-order valence-electron chi connectivity index (χ3n) is 5.38. The Hall–Kier alpha value is -4.86. The molecule has 0 saturated heterocycles. The molecule has 0 aromatic carbocycles. The van der Waals surface area contributed by atoms with E-state index in [1.54, 1.807) is 24.3 Å². The predicted octanol–water partition coefficient (Wildman–Crippen LogP) is 3.86. The maximum atomic E-state index is 13.0. The fourth-order valence-corrected chi connectivity index (χ4v) is 4.63. The standard InChI is InChI=1S/C25H16ClN7O4S/c26-21-5-4-17(38-21)13-30-22-11-19(31-33(22)25(36)24-29-7-8-37-24)15-9-16(12-27)32(23(35)10-15)14-20(34)18-3-1-2-6-28-18/h1-11,30H,13-14H2. The Kier molecular flexibility index (Phi) is 6.94. The summed E-state index contributed by atoms with van der Waals surface area (Å²) in [5.41, 5.74) is 0.0781. The maximum Gasteiger partial charge on any atom is 0.335 e. The number of ketones is 1. The number of halogens is 1. The van der Waals surface area contributed by atoms with E-state index in [9.17, 15) is 19.6 Å². The van der Waals surface area contributed by atoms with E-state index in [0.29, 0.717) is 16.7 Å². The van der Waals surface area contributed by atoms with Crippen LogP contribution in [0.4, 0.5) is 5.82 Å². The minimum absolute atomic E-state index is 0.0481. The zero-order valence-corrected chi connectivity index (χ0v) is 20.9. The zero-order valence-electron chi connectivity index (χ0n) is 19.4. The van der Waals surface area contributed by atoms with Gasteiger partial charge in [-0.05, 0) is 30.3 Å². The number of carbonyl (C=O) groups excluding carboxylic acids is 2. The van der Waals surface area contributed by atoms with Gasteiger partial charge in [-0.3, -0.25) is 23.9 Å². The largest absolute Gasteiger partial charge is 0.441 e. The topological polar surface area (TPSA) is 149 Å². The number of nitriles is 1. The van der Waals surface area contributed by atoms with Crippen molar-refractivity contribution in [3.63, 3.8) is 0 Å². The van der Waals surface area contributed by atoms with E-state index in [2.05, 4.69) is 20.4 Å². The first kappa shape index (κ1) is 24.8. The Morgan fingerprint density at radius 2 is 2.00 bits per heavy atom. The molecule has 11 nitrogen and oxygen atoms in total. The fourth-order valence-electron chi connectivity index (χ4n) is 3.60. The Labute approximate surface area is 223 Å². The van der Waals surface area contributed by atoms with E-state index >= 15 is 0 Å². The van der Waals surface area contributed by atoms with Gasteiger partial charge in [-0.15, -0.1) is 11.3 Å². The maximum absolute atomic E-state index is 13.0. The van der Waals surface area contributed by atoms with Crippen molar-refractivity contribution < 1.29 is 14.0 Å². The van der Waals surface area contributed by atoms with E-state index in [0.717, 1.165) is 14.1 Å². The molecule has 0 aliphatic carbocycles. The highest BCUT2D eigenvalue weighted by molar-refractivity contribution is 7.16. The van der Waals surface area contributed by atoms with Crippen molar-refractivity contribution in [2.75, 3.05) is 5.32 Å². The number of nitrogens with one attached hydrogen (secondary N) is 1. The summed E-state index contributed by atoms with van der Waals surface area (Å²) < 4.78 is 7.89. The highest BCUT2D eigenvalue weighted by Crippen LogP contribution is 2.26. The molecule has 188 valence electrons. The number of pyridine rings is 2. The van der Waals surface area contributed by atoms with Gasteiger partial charge in [-0.1, -0.05) is 17.7 Å². The summed E-state index contributed by atoms with van der Waals surface area (Å²) in [6.07, 6.45) is 4.08. The lowest BCUT2D eigenvalue weighted by Gasteiger charge is -2.08. The molecule has 0 amide bonds. The molecule has 0 fully saturated rings. The monoisotopic (exact) mass is 545 g/mol. The number of thiophene rings is 1. The second kappa shape index (κ2) is 10.6. The van der Waals surface area contributed by atoms with Crippen molar-refractivity contribution in [2.45, 2.75) is 13.1 Å². The fraction of sp³-hybridized carbons (Fsp3) is 0.0800. The average molecular weight is 546 g/mol. The van der Waals surface area contributed by atoms with Crippen LogP contribution in [0.2, 0.25) is 4.34 Å². The van der Waals surface area contributed by atoms with Gasteiger partial charge in [0, 0.05) is 28.8 Å². The van der Waals surface area contributed by atoms with Gasteiger partial charge in [0.1, 0.15) is 29.5 Å². The van der Waals surface area contributed by atoms with Gasteiger partial charge >= 0.3 is 5.91 Å². The number of oxazole rings is 1. The van der Waals surface area contributed by atoms with Crippen molar-refractivity contribution in [2.24, 2.45) is 0 Å². The van der Waals surface area contributed by atoms with E-state index < -0.39 is 17.2 Å². The first-order valence-corrected chi connectivity index (χ1v) is 12.2. The number of anilines is 1. The molecule has 0 atom stereocenters. The van der Waals surface area contributed by atoms with Crippen LogP contribution >= 0.6 is 22.9 Å². The summed E-state index contributed by atoms with van der Waals surface area (Å²) in [6, 6.07) is 14.7. The van der Waals surface area contributed by atoms with Crippen LogP contribution in [0.1, 0.15) is 31.7 Å². The molecule has 0 unspecified atom stereocenters. The summed E-state index contributed by atoms with van der Waals surface area (Å²) in [6.45, 7) is -0.00561. The van der Waals surface area contributed by atoms with Crippen LogP contribution in [0, 0.1) is 11.3 Å². The van der Waals surface area contributed by atoms with Gasteiger partial charge in [-0.2, -0.15) is 15.0 Å². The molecular weight excluding hydrogens is 530 g/mol. The van der Waals surface area contributed by atoms with Crippen LogP contribution in [-0.2, 0) is 13.1 Å². The molecule has 5 aromatic heterocycles. The van der Waals surface area contributed by atoms with Crippen molar-refractivity contribution in [3.8, 4) is 17.3 Å². The second-order valence-corrected chi connectivity index (χ2v) is 9.63. The predicted molar refractivity (Wildman–Crippen MR) is 138 cm³/mol. The SMILES string of the molecule is N#Cc1cc(-c2cc(NCc3ccc(Cl)s3)n(C(=O)c3ncco3)n2)cc(=O)n1CC(=O)c1ccccn1. The molecule has 0 spiro atoms. The summed E-state index contributed by atoms with van der Waals surface area (Å²) in [4.78, 5) is 47.4. The number of Topliss-reactive ketones (excluding diaryl/α,β-unsaturated/α-hetero) is 1. The van der Waals surface area contributed by atoms with Crippen LogP contribution in [-0.4, -0.2) is 36.0 Å². The minimum Gasteiger partial charge on any atom is -0.441 e. The number of nitrogens with zero attached hydrogens (tertiary/aromatic N) is 6. The summed E-state index contributed by atoms with van der Waals surface area (Å²) in [5, 5.41) is 17.2. The zero-order chi connectivity index (χ0) is 26.6. The molecule has 0 saturated carbocycles. The molecule has 38 heavy (non-hydrogen) atoms. The van der Waals surface area contributed by atoms with E-state index in [-0.39, 0.29) is 35.1 Å². The summed E-state index contributed by atoms with van der Waals surface area (Å²) in [5.74, 6) is -0.926. The molecule has 1 N–H and O–H groups in total. The van der Waals surface area contributed by atoms with Crippen LogP contribution in [0.5, 0.6) is 0 Å². The van der Waals surface area contributed by atoms with Gasteiger partial charge < -0.3 is 9.73 Å². The first-order chi connectivity index (χ1) is 18.4. The normalized spacial score (nSPS) is 10.7. The smallest absolute Gasteiger partial charge is 0.335 e. The van der Waals surface area contributed by atoms with Gasteiger partial charge in [0.05, 0.1) is 29.3 Å². The Bertz CT molecular complexity index is 1730. The molecule has 0 aliphatic heterocycles. The number of aromatic nitrogens is 5. The molecule has 0 radical (unpaired) electrons. The van der Waals surface area contributed by atoms with Gasteiger partial charge in [-0.25, -0.2) is 4.98 Å².